The average molecular weight is 282 g/mol. The first-order chi connectivity index (χ1) is 8.91. The summed E-state index contributed by atoms with van der Waals surface area (Å²) in [6.07, 6.45) is 0.495. The second kappa shape index (κ2) is 5.21. The highest BCUT2D eigenvalue weighted by atomic mass is 32.2. The van der Waals surface area contributed by atoms with Crippen LogP contribution < -0.4 is 5.73 Å². The average Bonchev–Trinajstić information content (AvgIpc) is 2.53. The number of hydrogen-bond donors (Lipinski definition) is 1. The molecule has 0 saturated carbocycles. The highest BCUT2D eigenvalue weighted by molar-refractivity contribution is 7.91. The van der Waals surface area contributed by atoms with Gasteiger partial charge in [0.05, 0.1) is 11.5 Å². The van der Waals surface area contributed by atoms with Gasteiger partial charge in [0.25, 0.3) is 5.91 Å². The predicted molar refractivity (Wildman–Crippen MR) is 74.8 cm³/mol. The molecule has 0 unspecified atom stereocenters. The van der Waals surface area contributed by atoms with E-state index in [1.807, 2.05) is 0 Å². The van der Waals surface area contributed by atoms with E-state index < -0.39 is 9.84 Å². The molecule has 1 aromatic carbocycles. The molecule has 0 aromatic heterocycles. The number of sulfone groups is 1. The second-order valence-corrected chi connectivity index (χ2v) is 7.12. The summed E-state index contributed by atoms with van der Waals surface area (Å²) in [6.45, 7) is 2.54. The Morgan fingerprint density at radius 3 is 2.74 bits per heavy atom. The van der Waals surface area contributed by atoms with Gasteiger partial charge in [-0.1, -0.05) is 6.07 Å². The molecule has 6 heteroatoms. The van der Waals surface area contributed by atoms with Gasteiger partial charge in [-0.15, -0.1) is 0 Å². The zero-order valence-electron chi connectivity index (χ0n) is 10.9. The minimum Gasteiger partial charge on any atom is -0.398 e. The number of nitrogen functional groups attached to an aromatic ring is 1. The number of anilines is 1. The number of carbonyl (C=O) groups is 1. The molecule has 1 saturated heterocycles. The first-order valence-electron chi connectivity index (χ1n) is 6.25. The Morgan fingerprint density at radius 2 is 2.00 bits per heavy atom. The summed E-state index contributed by atoms with van der Waals surface area (Å²) in [6, 6.07) is 5.22. The van der Waals surface area contributed by atoms with Gasteiger partial charge in [0.15, 0.2) is 9.84 Å². The fourth-order valence-corrected chi connectivity index (χ4v) is 3.47. The number of nitrogens with zero attached hydrogens (tertiary/aromatic N) is 1. The quantitative estimate of drug-likeness (QED) is 0.774. The van der Waals surface area contributed by atoms with Crippen molar-refractivity contribution in [1.29, 1.82) is 0 Å². The van der Waals surface area contributed by atoms with Crippen LogP contribution in [0.5, 0.6) is 0 Å². The van der Waals surface area contributed by atoms with Gasteiger partial charge in [-0.3, -0.25) is 4.79 Å². The maximum Gasteiger partial charge on any atom is 0.254 e. The predicted octanol–water partition coefficient (Wildman–Crippen LogP) is 0.838. The molecule has 1 aliphatic rings. The number of amides is 1. The summed E-state index contributed by atoms with van der Waals surface area (Å²) >= 11 is 0. The van der Waals surface area contributed by atoms with Crippen LogP contribution in [0.1, 0.15) is 22.3 Å². The molecule has 1 heterocycles. The Hall–Kier alpha value is -1.56. The van der Waals surface area contributed by atoms with Crippen molar-refractivity contribution in [2.24, 2.45) is 0 Å². The van der Waals surface area contributed by atoms with E-state index in [4.69, 9.17) is 5.73 Å². The molecule has 2 N–H and O–H groups in total. The molecule has 1 amide bonds. The van der Waals surface area contributed by atoms with Crippen molar-refractivity contribution in [3.8, 4) is 0 Å². The molecule has 0 bridgehead atoms. The number of benzene rings is 1. The van der Waals surface area contributed by atoms with Gasteiger partial charge in [0.2, 0.25) is 0 Å². The molecule has 104 valence electrons. The third-order valence-corrected chi connectivity index (χ3v) is 5.16. The van der Waals surface area contributed by atoms with Crippen LogP contribution in [0.25, 0.3) is 0 Å². The zero-order valence-corrected chi connectivity index (χ0v) is 11.7. The van der Waals surface area contributed by atoms with Crippen molar-refractivity contribution < 1.29 is 13.2 Å². The zero-order chi connectivity index (χ0) is 14.0. The molecule has 0 aliphatic carbocycles. The SMILES string of the molecule is Cc1c(N)cccc1C(=O)N1CCCS(=O)(=O)CC1. The Labute approximate surface area is 113 Å². The first-order valence-corrected chi connectivity index (χ1v) is 8.07. The van der Waals surface area contributed by atoms with Crippen molar-refractivity contribution in [2.75, 3.05) is 30.3 Å². The van der Waals surface area contributed by atoms with Gasteiger partial charge in [0, 0.05) is 24.3 Å². The molecule has 1 fully saturated rings. The Balaban J connectivity index is 2.22. The van der Waals surface area contributed by atoms with Crippen LogP contribution in [-0.4, -0.2) is 43.8 Å². The van der Waals surface area contributed by atoms with Gasteiger partial charge in [-0.05, 0) is 31.0 Å². The van der Waals surface area contributed by atoms with E-state index in [2.05, 4.69) is 0 Å². The first kappa shape index (κ1) is 13.9. The molecule has 2 rings (SSSR count). The monoisotopic (exact) mass is 282 g/mol. The van der Waals surface area contributed by atoms with Crippen LogP contribution in [0.2, 0.25) is 0 Å². The van der Waals surface area contributed by atoms with Crippen molar-refractivity contribution in [2.45, 2.75) is 13.3 Å². The van der Waals surface area contributed by atoms with Gasteiger partial charge in [0.1, 0.15) is 0 Å². The van der Waals surface area contributed by atoms with Crippen LogP contribution in [0, 0.1) is 6.92 Å². The van der Waals surface area contributed by atoms with E-state index in [9.17, 15) is 13.2 Å². The summed E-state index contributed by atoms with van der Waals surface area (Å²) in [5.74, 6) is 0.0641. The molecule has 19 heavy (non-hydrogen) atoms. The summed E-state index contributed by atoms with van der Waals surface area (Å²) < 4.78 is 23.1. The van der Waals surface area contributed by atoms with Crippen molar-refractivity contribution in [3.63, 3.8) is 0 Å². The van der Waals surface area contributed by atoms with Gasteiger partial charge in [-0.2, -0.15) is 0 Å². The third kappa shape index (κ3) is 3.07. The number of hydrogen-bond acceptors (Lipinski definition) is 4. The summed E-state index contributed by atoms with van der Waals surface area (Å²) in [4.78, 5) is 14.0. The number of carbonyl (C=O) groups excluding carboxylic acids is 1. The van der Waals surface area contributed by atoms with E-state index in [1.54, 1.807) is 30.0 Å². The second-order valence-electron chi connectivity index (χ2n) is 4.82. The summed E-state index contributed by atoms with van der Waals surface area (Å²) in [7, 11) is -3.00. The minimum atomic E-state index is -3.00. The Kier molecular flexibility index (Phi) is 3.80. The largest absolute Gasteiger partial charge is 0.398 e. The van der Waals surface area contributed by atoms with Crippen LogP contribution in [0.4, 0.5) is 5.69 Å². The third-order valence-electron chi connectivity index (χ3n) is 3.45. The van der Waals surface area contributed by atoms with E-state index in [0.29, 0.717) is 24.2 Å². The lowest BCUT2D eigenvalue weighted by molar-refractivity contribution is 0.0768. The number of nitrogens with two attached hydrogens (primary N) is 1. The van der Waals surface area contributed by atoms with Crippen LogP contribution >= 0.6 is 0 Å². The molecular formula is C13H18N2O3S. The molecular weight excluding hydrogens is 264 g/mol. The van der Waals surface area contributed by atoms with Gasteiger partial charge in [-0.25, -0.2) is 8.42 Å². The van der Waals surface area contributed by atoms with E-state index in [0.717, 1.165) is 5.56 Å². The maximum absolute atomic E-state index is 12.4. The minimum absolute atomic E-state index is 0.0418. The van der Waals surface area contributed by atoms with E-state index >= 15 is 0 Å². The highest BCUT2D eigenvalue weighted by Gasteiger charge is 2.24. The lowest BCUT2D eigenvalue weighted by Gasteiger charge is -2.21. The van der Waals surface area contributed by atoms with Crippen LogP contribution in [0.3, 0.4) is 0 Å². The Bertz CT molecular complexity index is 596. The molecule has 5 nitrogen and oxygen atoms in total. The molecule has 1 aromatic rings. The fourth-order valence-electron chi connectivity index (χ4n) is 2.20. The lowest BCUT2D eigenvalue weighted by Crippen LogP contribution is -2.34. The smallest absolute Gasteiger partial charge is 0.254 e. The molecule has 1 aliphatic heterocycles. The van der Waals surface area contributed by atoms with Crippen molar-refractivity contribution >= 4 is 21.4 Å². The van der Waals surface area contributed by atoms with Crippen LogP contribution in [0.15, 0.2) is 18.2 Å². The summed E-state index contributed by atoms with van der Waals surface area (Å²) in [5, 5.41) is 0. The molecule has 0 atom stereocenters. The fraction of sp³-hybridized carbons (Fsp3) is 0.462. The van der Waals surface area contributed by atoms with Crippen LogP contribution in [-0.2, 0) is 9.84 Å². The molecule has 0 spiro atoms. The van der Waals surface area contributed by atoms with Crippen molar-refractivity contribution in [1.82, 2.24) is 4.90 Å². The summed E-state index contributed by atoms with van der Waals surface area (Å²) in [5.41, 5.74) is 7.68. The number of rotatable bonds is 1. The maximum atomic E-state index is 12.4. The highest BCUT2D eigenvalue weighted by Crippen LogP contribution is 2.18. The normalized spacial score (nSPS) is 18.9. The topological polar surface area (TPSA) is 80.5 Å². The molecule has 0 radical (unpaired) electrons. The van der Waals surface area contributed by atoms with E-state index in [-0.39, 0.29) is 24.0 Å². The van der Waals surface area contributed by atoms with Crippen molar-refractivity contribution in [3.05, 3.63) is 29.3 Å². The standard InChI is InChI=1S/C13H18N2O3S/c1-10-11(4-2-5-12(10)14)13(16)15-6-3-8-19(17,18)9-7-15/h2,4-5H,3,6-9,14H2,1H3. The van der Waals surface area contributed by atoms with E-state index in [1.165, 1.54) is 0 Å². The van der Waals surface area contributed by atoms with Gasteiger partial charge < -0.3 is 10.6 Å². The lowest BCUT2D eigenvalue weighted by atomic mass is 10.1. The Morgan fingerprint density at radius 1 is 1.26 bits per heavy atom. The van der Waals surface area contributed by atoms with Gasteiger partial charge >= 0.3 is 0 Å².